The quantitative estimate of drug-likeness (QED) is 0.724. The van der Waals surface area contributed by atoms with Crippen LogP contribution >= 0.6 is 11.8 Å². The maximum atomic E-state index is 3.49. The number of nitrogens with one attached hydrogen (secondary N) is 1. The van der Waals surface area contributed by atoms with Crippen LogP contribution in [0.3, 0.4) is 0 Å². The van der Waals surface area contributed by atoms with Gasteiger partial charge in [0.15, 0.2) is 0 Å². The summed E-state index contributed by atoms with van der Waals surface area (Å²) in [5.74, 6) is 3.00. The Hall–Kier alpha value is -0.470. The molecule has 0 aromatic heterocycles. The zero-order valence-electron chi connectivity index (χ0n) is 12.3. The molecule has 1 aliphatic rings. The van der Waals surface area contributed by atoms with E-state index in [1.165, 1.54) is 41.9 Å². The largest absolute Gasteiger partial charge is 0.312 e. The first-order valence-corrected chi connectivity index (χ1v) is 8.65. The standard InChI is InChI=1S/C17H27NS/c1-14(2)11-18-12-15-7-9-17(10-8-15)19-13-16-5-3-4-6-16/h7-10,14,16,18H,3-6,11-13H2,1-2H3. The van der Waals surface area contributed by atoms with Crippen molar-refractivity contribution < 1.29 is 0 Å². The molecule has 106 valence electrons. The molecule has 0 amide bonds. The minimum absolute atomic E-state index is 0.723. The van der Waals surface area contributed by atoms with Gasteiger partial charge in [0.1, 0.15) is 0 Å². The molecule has 0 atom stereocenters. The molecule has 1 aromatic carbocycles. The number of hydrogen-bond donors (Lipinski definition) is 1. The van der Waals surface area contributed by atoms with Crippen molar-refractivity contribution in [3.63, 3.8) is 0 Å². The first kappa shape index (κ1) is 14.9. The summed E-state index contributed by atoms with van der Waals surface area (Å²) in [6.07, 6.45) is 5.80. The first-order chi connectivity index (χ1) is 9.24. The van der Waals surface area contributed by atoms with Crippen LogP contribution < -0.4 is 5.32 Å². The summed E-state index contributed by atoms with van der Waals surface area (Å²) in [6.45, 7) is 6.58. The second-order valence-corrected chi connectivity index (χ2v) is 7.22. The maximum absolute atomic E-state index is 3.49. The van der Waals surface area contributed by atoms with E-state index in [0.29, 0.717) is 0 Å². The van der Waals surface area contributed by atoms with Crippen LogP contribution in [0.4, 0.5) is 0 Å². The Morgan fingerprint density at radius 1 is 1.16 bits per heavy atom. The van der Waals surface area contributed by atoms with Gasteiger partial charge in [0.2, 0.25) is 0 Å². The SMILES string of the molecule is CC(C)CNCc1ccc(SCC2CCCC2)cc1. The van der Waals surface area contributed by atoms with E-state index in [1.807, 2.05) is 11.8 Å². The molecule has 0 radical (unpaired) electrons. The van der Waals surface area contributed by atoms with Crippen molar-refractivity contribution in [2.75, 3.05) is 12.3 Å². The maximum Gasteiger partial charge on any atom is 0.0205 e. The Morgan fingerprint density at radius 3 is 2.47 bits per heavy atom. The van der Waals surface area contributed by atoms with Crippen LogP contribution in [0, 0.1) is 11.8 Å². The minimum Gasteiger partial charge on any atom is -0.312 e. The lowest BCUT2D eigenvalue weighted by Gasteiger charge is -2.10. The third-order valence-corrected chi connectivity index (χ3v) is 5.01. The van der Waals surface area contributed by atoms with E-state index in [0.717, 1.165) is 24.9 Å². The minimum atomic E-state index is 0.723. The summed E-state index contributed by atoms with van der Waals surface area (Å²) in [5.41, 5.74) is 1.39. The van der Waals surface area contributed by atoms with Crippen LogP contribution in [0.5, 0.6) is 0 Å². The predicted octanol–water partition coefficient (Wildman–Crippen LogP) is 4.71. The van der Waals surface area contributed by atoms with Gasteiger partial charge in [0, 0.05) is 17.2 Å². The van der Waals surface area contributed by atoms with E-state index in [2.05, 4.69) is 43.4 Å². The lowest BCUT2D eigenvalue weighted by Crippen LogP contribution is -2.18. The molecule has 0 aliphatic heterocycles. The lowest BCUT2D eigenvalue weighted by atomic mass is 10.1. The van der Waals surface area contributed by atoms with Crippen molar-refractivity contribution >= 4 is 11.8 Å². The van der Waals surface area contributed by atoms with E-state index >= 15 is 0 Å². The Labute approximate surface area is 122 Å². The van der Waals surface area contributed by atoms with Gasteiger partial charge in [-0.1, -0.05) is 38.8 Å². The van der Waals surface area contributed by atoms with E-state index < -0.39 is 0 Å². The molecule has 2 rings (SSSR count). The van der Waals surface area contributed by atoms with Crippen LogP contribution in [0.1, 0.15) is 45.1 Å². The van der Waals surface area contributed by atoms with Crippen molar-refractivity contribution in [1.82, 2.24) is 5.32 Å². The number of hydrogen-bond acceptors (Lipinski definition) is 2. The number of benzene rings is 1. The zero-order valence-corrected chi connectivity index (χ0v) is 13.1. The number of thioether (sulfide) groups is 1. The second-order valence-electron chi connectivity index (χ2n) is 6.13. The second kappa shape index (κ2) is 7.96. The molecule has 0 saturated heterocycles. The normalized spacial score (nSPS) is 16.4. The Morgan fingerprint density at radius 2 is 1.84 bits per heavy atom. The van der Waals surface area contributed by atoms with Gasteiger partial charge in [-0.2, -0.15) is 0 Å². The van der Waals surface area contributed by atoms with Gasteiger partial charge in [-0.25, -0.2) is 0 Å². The summed E-state index contributed by atoms with van der Waals surface area (Å²) < 4.78 is 0. The van der Waals surface area contributed by atoms with E-state index in [1.54, 1.807) is 0 Å². The Bertz CT molecular complexity index is 352. The van der Waals surface area contributed by atoms with Gasteiger partial charge >= 0.3 is 0 Å². The van der Waals surface area contributed by atoms with Gasteiger partial charge in [0.05, 0.1) is 0 Å². The van der Waals surface area contributed by atoms with Crippen LogP contribution in [0.2, 0.25) is 0 Å². The molecule has 1 aromatic rings. The fourth-order valence-electron chi connectivity index (χ4n) is 2.60. The molecule has 0 heterocycles. The van der Waals surface area contributed by atoms with Crippen molar-refractivity contribution in [2.45, 2.75) is 51.0 Å². The third kappa shape index (κ3) is 5.58. The summed E-state index contributed by atoms with van der Waals surface area (Å²) in [7, 11) is 0. The highest BCUT2D eigenvalue weighted by Crippen LogP contribution is 2.30. The average Bonchev–Trinajstić information content (AvgIpc) is 2.90. The van der Waals surface area contributed by atoms with Crippen LogP contribution in [-0.4, -0.2) is 12.3 Å². The molecule has 2 heteroatoms. The first-order valence-electron chi connectivity index (χ1n) is 7.66. The van der Waals surface area contributed by atoms with Crippen LogP contribution in [0.15, 0.2) is 29.2 Å². The highest BCUT2D eigenvalue weighted by molar-refractivity contribution is 7.99. The lowest BCUT2D eigenvalue weighted by molar-refractivity contribution is 0.552. The zero-order chi connectivity index (χ0) is 13.5. The Kier molecular flexibility index (Phi) is 6.25. The molecule has 1 nitrogen and oxygen atoms in total. The van der Waals surface area contributed by atoms with Crippen molar-refractivity contribution in [3.05, 3.63) is 29.8 Å². The molecule has 0 spiro atoms. The number of rotatable bonds is 7. The van der Waals surface area contributed by atoms with Gasteiger partial charge in [0.25, 0.3) is 0 Å². The summed E-state index contributed by atoms with van der Waals surface area (Å²) >= 11 is 2.03. The summed E-state index contributed by atoms with van der Waals surface area (Å²) in [6, 6.07) is 9.10. The predicted molar refractivity (Wildman–Crippen MR) is 85.7 cm³/mol. The summed E-state index contributed by atoms with van der Waals surface area (Å²) in [5, 5.41) is 3.49. The average molecular weight is 277 g/mol. The molecule has 1 N–H and O–H groups in total. The summed E-state index contributed by atoms with van der Waals surface area (Å²) in [4.78, 5) is 1.43. The van der Waals surface area contributed by atoms with Gasteiger partial charge < -0.3 is 5.32 Å². The molecule has 1 aliphatic carbocycles. The fourth-order valence-corrected chi connectivity index (χ4v) is 3.69. The van der Waals surface area contributed by atoms with Crippen LogP contribution in [-0.2, 0) is 6.54 Å². The molecule has 1 saturated carbocycles. The van der Waals surface area contributed by atoms with Gasteiger partial charge in [-0.15, -0.1) is 11.8 Å². The monoisotopic (exact) mass is 277 g/mol. The Balaban J connectivity index is 1.71. The van der Waals surface area contributed by atoms with Gasteiger partial charge in [-0.3, -0.25) is 0 Å². The molecule has 0 unspecified atom stereocenters. The van der Waals surface area contributed by atoms with Gasteiger partial charge in [-0.05, 0) is 48.9 Å². The molecular weight excluding hydrogens is 250 g/mol. The van der Waals surface area contributed by atoms with Crippen molar-refractivity contribution in [1.29, 1.82) is 0 Å². The fraction of sp³-hybridized carbons (Fsp3) is 0.647. The molecule has 1 fully saturated rings. The highest BCUT2D eigenvalue weighted by atomic mass is 32.2. The van der Waals surface area contributed by atoms with Crippen LogP contribution in [0.25, 0.3) is 0 Å². The topological polar surface area (TPSA) is 12.0 Å². The third-order valence-electron chi connectivity index (χ3n) is 3.77. The van der Waals surface area contributed by atoms with Crippen molar-refractivity contribution in [2.24, 2.45) is 11.8 Å². The molecule has 0 bridgehead atoms. The smallest absolute Gasteiger partial charge is 0.0205 e. The van der Waals surface area contributed by atoms with E-state index in [4.69, 9.17) is 0 Å². The molecular formula is C17H27NS. The van der Waals surface area contributed by atoms with Crippen molar-refractivity contribution in [3.8, 4) is 0 Å². The van der Waals surface area contributed by atoms with E-state index in [9.17, 15) is 0 Å². The molecule has 19 heavy (non-hydrogen) atoms. The van der Waals surface area contributed by atoms with E-state index in [-0.39, 0.29) is 0 Å². The highest BCUT2D eigenvalue weighted by Gasteiger charge is 2.14.